The Labute approximate surface area is 145 Å². The van der Waals surface area contributed by atoms with Crippen molar-refractivity contribution in [3.05, 3.63) is 29.3 Å². The Bertz CT molecular complexity index is 820. The van der Waals surface area contributed by atoms with Crippen molar-refractivity contribution in [2.75, 3.05) is 6.54 Å². The van der Waals surface area contributed by atoms with Crippen LogP contribution in [0.3, 0.4) is 0 Å². The third-order valence-corrected chi connectivity index (χ3v) is 4.68. The van der Waals surface area contributed by atoms with Crippen LogP contribution in [0.4, 0.5) is 4.79 Å². The highest BCUT2D eigenvalue weighted by Gasteiger charge is 2.34. The Morgan fingerprint density at radius 1 is 1.12 bits per heavy atom. The predicted octanol–water partition coefficient (Wildman–Crippen LogP) is 0.780. The maximum absolute atomic E-state index is 12.7. The maximum atomic E-state index is 12.7. The van der Waals surface area contributed by atoms with Gasteiger partial charge in [-0.25, -0.2) is 4.79 Å². The first-order chi connectivity index (χ1) is 12.0. The average Bonchev–Trinajstić information content (AvgIpc) is 3.23. The van der Waals surface area contributed by atoms with E-state index in [1.807, 2.05) is 17.8 Å². The van der Waals surface area contributed by atoms with E-state index >= 15 is 0 Å². The lowest BCUT2D eigenvalue weighted by atomic mass is 10.2. The summed E-state index contributed by atoms with van der Waals surface area (Å²) in [5.41, 5.74) is 2.65. The minimum absolute atomic E-state index is 0.154. The molecule has 1 saturated heterocycles. The molecule has 9 nitrogen and oxygen atoms in total. The maximum Gasteiger partial charge on any atom is 0.327 e. The van der Waals surface area contributed by atoms with E-state index in [1.54, 1.807) is 18.1 Å². The third kappa shape index (κ3) is 3.13. The Morgan fingerprint density at radius 3 is 2.60 bits per heavy atom. The number of hydrogen-bond donors (Lipinski definition) is 0. The fraction of sp³-hybridized carbons (Fsp3) is 0.562. The van der Waals surface area contributed by atoms with E-state index in [0.29, 0.717) is 31.1 Å². The molecule has 4 rings (SSSR count). The predicted molar refractivity (Wildman–Crippen MR) is 87.2 cm³/mol. The van der Waals surface area contributed by atoms with Crippen molar-refractivity contribution in [2.45, 2.75) is 38.3 Å². The molecule has 0 atom stereocenters. The SMILES string of the molecule is Cn1ncc(CN2CCC(=O)N(Cc3cc(C4CC4)n(C)n3)C2=O)n1. The second-order valence-electron chi connectivity index (χ2n) is 6.72. The minimum atomic E-state index is -0.291. The van der Waals surface area contributed by atoms with E-state index < -0.39 is 0 Å². The van der Waals surface area contributed by atoms with Crippen LogP contribution in [-0.4, -0.2) is 53.1 Å². The van der Waals surface area contributed by atoms with Crippen molar-refractivity contribution in [2.24, 2.45) is 14.1 Å². The second kappa shape index (κ2) is 5.98. The zero-order valence-corrected chi connectivity index (χ0v) is 14.4. The summed E-state index contributed by atoms with van der Waals surface area (Å²) < 4.78 is 1.86. The molecule has 0 aromatic carbocycles. The summed E-state index contributed by atoms with van der Waals surface area (Å²) in [4.78, 5) is 29.4. The number of imide groups is 1. The molecule has 1 aliphatic heterocycles. The highest BCUT2D eigenvalue weighted by Crippen LogP contribution is 2.40. The van der Waals surface area contributed by atoms with E-state index in [-0.39, 0.29) is 18.5 Å². The number of aromatic nitrogens is 5. The Morgan fingerprint density at radius 2 is 1.92 bits per heavy atom. The highest BCUT2D eigenvalue weighted by atomic mass is 16.2. The summed E-state index contributed by atoms with van der Waals surface area (Å²) in [5, 5.41) is 12.7. The monoisotopic (exact) mass is 343 g/mol. The van der Waals surface area contributed by atoms with Gasteiger partial charge in [-0.2, -0.15) is 20.1 Å². The zero-order chi connectivity index (χ0) is 17.6. The van der Waals surface area contributed by atoms with Crippen LogP contribution in [0, 0.1) is 0 Å². The molecule has 0 N–H and O–H groups in total. The standard InChI is InChI=1S/C16H21N7O2/c1-20-14(11-3-4-11)7-12(18-20)10-23-15(24)5-6-22(16(23)25)9-13-8-17-21(2)19-13/h7-8,11H,3-6,9-10H2,1-2H3. The second-order valence-corrected chi connectivity index (χ2v) is 6.72. The lowest BCUT2D eigenvalue weighted by Crippen LogP contribution is -2.51. The van der Waals surface area contributed by atoms with Gasteiger partial charge in [-0.1, -0.05) is 0 Å². The number of carbonyl (C=O) groups excluding carboxylic acids is 2. The molecular weight excluding hydrogens is 322 g/mol. The van der Waals surface area contributed by atoms with Crippen LogP contribution in [0.25, 0.3) is 0 Å². The van der Waals surface area contributed by atoms with Gasteiger partial charge in [0.1, 0.15) is 5.69 Å². The van der Waals surface area contributed by atoms with Crippen LogP contribution in [0.2, 0.25) is 0 Å². The molecule has 3 heterocycles. The van der Waals surface area contributed by atoms with Gasteiger partial charge in [0.05, 0.1) is 25.0 Å². The fourth-order valence-corrected chi connectivity index (χ4v) is 3.24. The van der Waals surface area contributed by atoms with Crippen LogP contribution >= 0.6 is 0 Å². The number of carbonyl (C=O) groups is 2. The molecule has 1 aliphatic carbocycles. The van der Waals surface area contributed by atoms with Crippen LogP contribution in [0.15, 0.2) is 12.3 Å². The molecule has 25 heavy (non-hydrogen) atoms. The Hall–Kier alpha value is -2.71. The highest BCUT2D eigenvalue weighted by molar-refractivity contribution is 5.96. The van der Waals surface area contributed by atoms with Crippen molar-refractivity contribution >= 4 is 11.9 Å². The van der Waals surface area contributed by atoms with Crippen LogP contribution < -0.4 is 0 Å². The Balaban J connectivity index is 1.48. The van der Waals surface area contributed by atoms with Gasteiger partial charge in [-0.05, 0) is 18.9 Å². The smallest absolute Gasteiger partial charge is 0.318 e. The number of nitrogens with zero attached hydrogens (tertiary/aromatic N) is 7. The van der Waals surface area contributed by atoms with Crippen molar-refractivity contribution < 1.29 is 9.59 Å². The van der Waals surface area contributed by atoms with Crippen LogP contribution in [0.5, 0.6) is 0 Å². The van der Waals surface area contributed by atoms with Gasteiger partial charge in [-0.3, -0.25) is 14.4 Å². The van der Waals surface area contributed by atoms with Crippen molar-refractivity contribution in [3.8, 4) is 0 Å². The van der Waals surface area contributed by atoms with E-state index in [9.17, 15) is 9.59 Å². The molecule has 2 aromatic rings. The van der Waals surface area contributed by atoms with Gasteiger partial charge >= 0.3 is 6.03 Å². The number of amides is 3. The zero-order valence-electron chi connectivity index (χ0n) is 14.4. The molecule has 132 valence electrons. The summed E-state index contributed by atoms with van der Waals surface area (Å²) in [5.74, 6) is 0.422. The third-order valence-electron chi connectivity index (χ3n) is 4.68. The van der Waals surface area contributed by atoms with E-state index in [4.69, 9.17) is 0 Å². The summed E-state index contributed by atoms with van der Waals surface area (Å²) in [6, 6.07) is 1.72. The summed E-state index contributed by atoms with van der Waals surface area (Å²) in [7, 11) is 3.65. The molecule has 9 heteroatoms. The lowest BCUT2D eigenvalue weighted by molar-refractivity contribution is -0.131. The molecule has 0 bridgehead atoms. The quantitative estimate of drug-likeness (QED) is 0.800. The van der Waals surface area contributed by atoms with Gasteiger partial charge in [0.15, 0.2) is 0 Å². The lowest BCUT2D eigenvalue weighted by Gasteiger charge is -2.33. The Kier molecular flexibility index (Phi) is 3.78. The number of aryl methyl sites for hydroxylation is 2. The van der Waals surface area contributed by atoms with Gasteiger partial charge in [0, 0.05) is 38.7 Å². The normalized spacial score (nSPS) is 18.3. The summed E-state index contributed by atoms with van der Waals surface area (Å²) in [6.45, 7) is 0.974. The van der Waals surface area contributed by atoms with E-state index in [1.165, 1.54) is 28.2 Å². The van der Waals surface area contributed by atoms with Gasteiger partial charge in [-0.15, -0.1) is 0 Å². The number of rotatable bonds is 5. The van der Waals surface area contributed by atoms with Crippen molar-refractivity contribution in [3.63, 3.8) is 0 Å². The first kappa shape index (κ1) is 15.8. The van der Waals surface area contributed by atoms with Crippen LogP contribution in [-0.2, 0) is 32.0 Å². The molecule has 0 unspecified atom stereocenters. The molecule has 0 spiro atoms. The van der Waals surface area contributed by atoms with Crippen molar-refractivity contribution in [1.82, 2.24) is 34.6 Å². The van der Waals surface area contributed by atoms with Gasteiger partial charge < -0.3 is 4.90 Å². The summed E-state index contributed by atoms with van der Waals surface area (Å²) >= 11 is 0. The average molecular weight is 343 g/mol. The van der Waals surface area contributed by atoms with Gasteiger partial charge in [0.25, 0.3) is 0 Å². The van der Waals surface area contributed by atoms with E-state index in [0.717, 1.165) is 5.69 Å². The molecule has 2 aliphatic rings. The number of hydrogen-bond acceptors (Lipinski definition) is 5. The molecule has 1 saturated carbocycles. The molecule has 2 fully saturated rings. The van der Waals surface area contributed by atoms with E-state index in [2.05, 4.69) is 15.3 Å². The van der Waals surface area contributed by atoms with Crippen LogP contribution in [0.1, 0.15) is 42.3 Å². The van der Waals surface area contributed by atoms with Crippen molar-refractivity contribution in [1.29, 1.82) is 0 Å². The molecular formula is C16H21N7O2. The molecule has 3 amide bonds. The first-order valence-electron chi connectivity index (χ1n) is 8.48. The topological polar surface area (TPSA) is 89.2 Å². The van der Waals surface area contributed by atoms with Gasteiger partial charge in [0.2, 0.25) is 5.91 Å². The molecule has 0 radical (unpaired) electrons. The number of urea groups is 1. The molecule has 2 aromatic heterocycles. The fourth-order valence-electron chi connectivity index (χ4n) is 3.24. The minimum Gasteiger partial charge on any atom is -0.318 e. The first-order valence-corrected chi connectivity index (χ1v) is 8.48. The largest absolute Gasteiger partial charge is 0.327 e. The summed E-state index contributed by atoms with van der Waals surface area (Å²) in [6.07, 6.45) is 4.32.